The molecule has 2 atom stereocenters. The first-order chi connectivity index (χ1) is 8.85. The van der Waals surface area contributed by atoms with Crippen molar-refractivity contribution >= 4 is 23.2 Å². The zero-order chi connectivity index (χ0) is 14.6. The maximum absolute atomic E-state index is 12.0. The molecule has 5 nitrogen and oxygen atoms in total. The molecular formula is C13H17ClN2O3. The third-order valence-corrected chi connectivity index (χ3v) is 3.48. The molecule has 0 saturated heterocycles. The molecule has 0 aliphatic heterocycles. The summed E-state index contributed by atoms with van der Waals surface area (Å²) in [5.41, 5.74) is 0.890. The van der Waals surface area contributed by atoms with E-state index in [1.807, 2.05) is 13.8 Å². The predicted molar refractivity (Wildman–Crippen MR) is 74.6 cm³/mol. The van der Waals surface area contributed by atoms with Gasteiger partial charge in [0.1, 0.15) is 0 Å². The van der Waals surface area contributed by atoms with E-state index < -0.39 is 4.92 Å². The molecule has 1 rings (SSSR count). The second kappa shape index (κ2) is 6.52. The fourth-order valence-electron chi connectivity index (χ4n) is 1.57. The van der Waals surface area contributed by atoms with Crippen molar-refractivity contribution in [2.45, 2.75) is 26.8 Å². The summed E-state index contributed by atoms with van der Waals surface area (Å²) in [6.07, 6.45) is 0. The van der Waals surface area contributed by atoms with Crippen LogP contribution < -0.4 is 5.32 Å². The molecule has 6 heteroatoms. The van der Waals surface area contributed by atoms with Gasteiger partial charge in [0.2, 0.25) is 0 Å². The van der Waals surface area contributed by atoms with Gasteiger partial charge in [-0.05, 0) is 31.4 Å². The predicted octanol–water partition coefficient (Wildman–Crippen LogP) is 2.90. The standard InChI is InChI=1S/C13H17ClN2O3/c1-8-4-11(6-12(5-8)16(18)19)13(17)15-10(3)9(2)7-14/h4-6,9-10H,7H2,1-3H3,(H,15,17). The van der Waals surface area contributed by atoms with Crippen molar-refractivity contribution in [3.63, 3.8) is 0 Å². The lowest BCUT2D eigenvalue weighted by atomic mass is 10.0. The highest BCUT2D eigenvalue weighted by Gasteiger charge is 2.17. The van der Waals surface area contributed by atoms with Gasteiger partial charge in [-0.2, -0.15) is 0 Å². The number of nitro groups is 1. The Labute approximate surface area is 117 Å². The van der Waals surface area contributed by atoms with Crippen molar-refractivity contribution in [1.29, 1.82) is 0 Å². The molecular weight excluding hydrogens is 268 g/mol. The molecule has 1 aromatic rings. The van der Waals surface area contributed by atoms with Gasteiger partial charge in [-0.15, -0.1) is 11.6 Å². The zero-order valence-electron chi connectivity index (χ0n) is 11.1. The number of carbonyl (C=O) groups excluding carboxylic acids is 1. The van der Waals surface area contributed by atoms with E-state index in [4.69, 9.17) is 11.6 Å². The normalized spacial score (nSPS) is 13.7. The summed E-state index contributed by atoms with van der Waals surface area (Å²) in [7, 11) is 0. The first-order valence-electron chi connectivity index (χ1n) is 5.98. The number of aryl methyl sites for hydroxylation is 1. The van der Waals surface area contributed by atoms with E-state index in [0.29, 0.717) is 17.0 Å². The summed E-state index contributed by atoms with van der Waals surface area (Å²) in [4.78, 5) is 22.3. The topological polar surface area (TPSA) is 72.2 Å². The number of hydrogen-bond donors (Lipinski definition) is 1. The average molecular weight is 285 g/mol. The van der Waals surface area contributed by atoms with Crippen LogP contribution in [0.15, 0.2) is 18.2 Å². The Morgan fingerprint density at radius 2 is 2.05 bits per heavy atom. The summed E-state index contributed by atoms with van der Waals surface area (Å²) >= 11 is 5.73. The molecule has 0 spiro atoms. The number of halogens is 1. The third kappa shape index (κ3) is 4.21. The van der Waals surface area contributed by atoms with Gasteiger partial charge in [-0.3, -0.25) is 14.9 Å². The summed E-state index contributed by atoms with van der Waals surface area (Å²) in [6, 6.07) is 4.24. The SMILES string of the molecule is Cc1cc(C(=O)NC(C)C(C)CCl)cc([N+](=O)[O-])c1. The molecule has 0 aliphatic rings. The lowest BCUT2D eigenvalue weighted by Crippen LogP contribution is -2.37. The number of rotatable bonds is 5. The van der Waals surface area contributed by atoms with Crippen LogP contribution in [0.2, 0.25) is 0 Å². The number of nitrogens with one attached hydrogen (secondary N) is 1. The minimum absolute atomic E-state index is 0.0804. The molecule has 0 bridgehead atoms. The summed E-state index contributed by atoms with van der Waals surface area (Å²) < 4.78 is 0. The molecule has 0 saturated carbocycles. The van der Waals surface area contributed by atoms with Gasteiger partial charge in [-0.1, -0.05) is 6.92 Å². The maximum atomic E-state index is 12.0. The third-order valence-electron chi connectivity index (χ3n) is 2.99. The van der Waals surface area contributed by atoms with Crippen molar-refractivity contribution in [3.8, 4) is 0 Å². The highest BCUT2D eigenvalue weighted by atomic mass is 35.5. The molecule has 0 fully saturated rings. The van der Waals surface area contributed by atoms with Crippen LogP contribution in [0, 0.1) is 23.0 Å². The molecule has 0 heterocycles. The first kappa shape index (κ1) is 15.4. The molecule has 1 N–H and O–H groups in total. The van der Waals surface area contributed by atoms with Gasteiger partial charge >= 0.3 is 0 Å². The Kier molecular flexibility index (Phi) is 5.30. The second-order valence-corrected chi connectivity index (χ2v) is 5.02. The van der Waals surface area contributed by atoms with Gasteiger partial charge in [-0.25, -0.2) is 0 Å². The Hall–Kier alpha value is -1.62. The number of nitrogens with zero attached hydrogens (tertiary/aromatic N) is 1. The average Bonchev–Trinajstić information content (AvgIpc) is 2.36. The van der Waals surface area contributed by atoms with Crippen LogP contribution in [0.3, 0.4) is 0 Å². The van der Waals surface area contributed by atoms with Crippen LogP contribution in [0.25, 0.3) is 0 Å². The fourth-order valence-corrected chi connectivity index (χ4v) is 1.83. The monoisotopic (exact) mass is 284 g/mol. The van der Waals surface area contributed by atoms with Gasteiger partial charge in [0.25, 0.3) is 11.6 Å². The minimum atomic E-state index is -0.505. The quantitative estimate of drug-likeness (QED) is 0.513. The van der Waals surface area contributed by atoms with E-state index in [2.05, 4.69) is 5.32 Å². The zero-order valence-corrected chi connectivity index (χ0v) is 11.9. The van der Waals surface area contributed by atoms with Crippen molar-refractivity contribution in [3.05, 3.63) is 39.4 Å². The van der Waals surface area contributed by atoms with E-state index in [1.54, 1.807) is 13.0 Å². The Bertz CT molecular complexity index is 491. The van der Waals surface area contributed by atoms with Crippen molar-refractivity contribution in [2.75, 3.05) is 5.88 Å². The molecule has 1 aromatic carbocycles. The van der Waals surface area contributed by atoms with Crippen LogP contribution in [0.4, 0.5) is 5.69 Å². The van der Waals surface area contributed by atoms with E-state index in [-0.39, 0.29) is 23.6 Å². The number of benzene rings is 1. The summed E-state index contributed by atoms with van der Waals surface area (Å²) in [6.45, 7) is 5.50. The summed E-state index contributed by atoms with van der Waals surface area (Å²) in [5, 5.41) is 13.6. The van der Waals surface area contributed by atoms with E-state index in [1.165, 1.54) is 12.1 Å². The van der Waals surface area contributed by atoms with Gasteiger partial charge in [0.05, 0.1) is 4.92 Å². The largest absolute Gasteiger partial charge is 0.349 e. The van der Waals surface area contributed by atoms with Crippen molar-refractivity contribution in [1.82, 2.24) is 5.32 Å². The van der Waals surface area contributed by atoms with E-state index in [0.717, 1.165) is 0 Å². The minimum Gasteiger partial charge on any atom is -0.349 e. The second-order valence-electron chi connectivity index (χ2n) is 4.71. The Morgan fingerprint density at radius 1 is 1.42 bits per heavy atom. The molecule has 0 aliphatic carbocycles. The summed E-state index contributed by atoms with van der Waals surface area (Å²) in [5.74, 6) is 0.247. The van der Waals surface area contributed by atoms with Crippen LogP contribution >= 0.6 is 11.6 Å². The number of hydrogen-bond acceptors (Lipinski definition) is 3. The number of carbonyl (C=O) groups is 1. The molecule has 0 aromatic heterocycles. The van der Waals surface area contributed by atoms with Crippen molar-refractivity contribution in [2.24, 2.45) is 5.92 Å². The first-order valence-corrected chi connectivity index (χ1v) is 6.51. The van der Waals surface area contributed by atoms with Crippen LogP contribution in [0.5, 0.6) is 0 Å². The maximum Gasteiger partial charge on any atom is 0.270 e. The number of non-ortho nitro benzene ring substituents is 1. The van der Waals surface area contributed by atoms with Gasteiger partial charge in [0.15, 0.2) is 0 Å². The van der Waals surface area contributed by atoms with Crippen LogP contribution in [-0.2, 0) is 0 Å². The lowest BCUT2D eigenvalue weighted by Gasteiger charge is -2.19. The molecule has 19 heavy (non-hydrogen) atoms. The van der Waals surface area contributed by atoms with Crippen LogP contribution in [0.1, 0.15) is 29.8 Å². The molecule has 104 valence electrons. The van der Waals surface area contributed by atoms with Crippen molar-refractivity contribution < 1.29 is 9.72 Å². The van der Waals surface area contributed by atoms with Crippen LogP contribution in [-0.4, -0.2) is 22.8 Å². The lowest BCUT2D eigenvalue weighted by molar-refractivity contribution is -0.384. The van der Waals surface area contributed by atoms with Gasteiger partial charge in [0, 0.05) is 29.6 Å². The fraction of sp³-hybridized carbons (Fsp3) is 0.462. The highest BCUT2D eigenvalue weighted by molar-refractivity contribution is 6.18. The molecule has 1 amide bonds. The smallest absolute Gasteiger partial charge is 0.270 e. The Morgan fingerprint density at radius 3 is 2.58 bits per heavy atom. The molecule has 2 unspecified atom stereocenters. The number of nitro benzene ring substituents is 1. The number of amides is 1. The number of alkyl halides is 1. The van der Waals surface area contributed by atoms with E-state index >= 15 is 0 Å². The highest BCUT2D eigenvalue weighted by Crippen LogP contribution is 2.17. The Balaban J connectivity index is 2.91. The molecule has 0 radical (unpaired) electrons. The van der Waals surface area contributed by atoms with Gasteiger partial charge < -0.3 is 5.32 Å². The van der Waals surface area contributed by atoms with E-state index in [9.17, 15) is 14.9 Å².